The number of methoxy groups -OCH3 is 3. The summed E-state index contributed by atoms with van der Waals surface area (Å²) < 4.78 is 27.5. The summed E-state index contributed by atoms with van der Waals surface area (Å²) in [6, 6.07) is 12.3. The van der Waals surface area contributed by atoms with Crippen LogP contribution in [0.1, 0.15) is 102 Å². The Kier molecular flexibility index (Phi) is 14.9. The number of alkyl carbamates (subject to hydrolysis) is 2. The van der Waals surface area contributed by atoms with Gasteiger partial charge in [0.05, 0.1) is 55.8 Å². The van der Waals surface area contributed by atoms with Gasteiger partial charge in [0.25, 0.3) is 0 Å². The van der Waals surface area contributed by atoms with Crippen LogP contribution in [0.4, 0.5) is 9.59 Å². The van der Waals surface area contributed by atoms with Gasteiger partial charge in [-0.05, 0) is 97.2 Å². The fraction of sp³-hybridized carbons (Fsp3) is 0.529. The van der Waals surface area contributed by atoms with Crippen LogP contribution in [0.5, 0.6) is 5.75 Å². The second-order valence-electron chi connectivity index (χ2n) is 18.5. The standard InChI is InChI=1S/C51H66N8O9/c1-9-28(4)43(56-50(62)65-7)48(60)58-25-30(26-64-6)20-41(58)47-52-24-40(54-47)33-12-14-36-34(21-33)27-68-42-23-37-32(22-38(36)42)13-15-39-45(37)55-46(53-39)29(5)59(35(10-2)11-3)49(61)44(57-51(63)66-8)31-16-18-67-19-17-31/h12-15,21-24,28-31,35,41,43-44H,9-11,16-20,25-27H2,1-8H3,(H,52,54)(H,53,55)(H,56,62)(H,57,63)/t28-,29-,30-,41-,43-,44-/m0/s1. The summed E-state index contributed by atoms with van der Waals surface area (Å²) in [6.45, 7) is 12.5. The molecule has 2 saturated heterocycles. The molecule has 17 heteroatoms. The Morgan fingerprint density at radius 1 is 0.912 bits per heavy atom. The van der Waals surface area contributed by atoms with Gasteiger partial charge in [-0.25, -0.2) is 19.6 Å². The van der Waals surface area contributed by atoms with Gasteiger partial charge in [0.1, 0.15) is 36.1 Å². The number of H-pyrrole nitrogens is 2. The number of ether oxygens (including phenoxy) is 5. The molecular weight excluding hydrogens is 869 g/mol. The van der Waals surface area contributed by atoms with Gasteiger partial charge < -0.3 is 54.1 Å². The van der Waals surface area contributed by atoms with E-state index in [4.69, 9.17) is 33.7 Å². The molecule has 0 bridgehead atoms. The van der Waals surface area contributed by atoms with E-state index in [1.807, 2.05) is 36.6 Å². The van der Waals surface area contributed by atoms with Crippen LogP contribution in [-0.4, -0.2) is 120 Å². The molecule has 364 valence electrons. The molecule has 3 aliphatic heterocycles. The summed E-state index contributed by atoms with van der Waals surface area (Å²) in [4.78, 5) is 74.5. The summed E-state index contributed by atoms with van der Waals surface area (Å²) >= 11 is 0. The summed E-state index contributed by atoms with van der Waals surface area (Å²) in [7, 11) is 4.27. The smallest absolute Gasteiger partial charge is 0.407 e. The maximum atomic E-state index is 14.7. The lowest BCUT2D eigenvalue weighted by molar-refractivity contribution is -0.141. The lowest BCUT2D eigenvalue weighted by atomic mass is 9.89. The Bertz CT molecular complexity index is 2620. The van der Waals surface area contributed by atoms with Crippen LogP contribution < -0.4 is 15.4 Å². The number of benzene rings is 3. The molecule has 0 saturated carbocycles. The molecular formula is C51H66N8O9. The number of aromatic nitrogens is 4. The van der Waals surface area contributed by atoms with E-state index in [0.717, 1.165) is 68.3 Å². The second kappa shape index (κ2) is 21.0. The highest BCUT2D eigenvalue weighted by molar-refractivity contribution is 6.07. The third-order valence-corrected chi connectivity index (χ3v) is 14.5. The monoisotopic (exact) mass is 934 g/mol. The molecule has 0 unspecified atom stereocenters. The summed E-state index contributed by atoms with van der Waals surface area (Å²) in [5.74, 6) is 1.65. The van der Waals surface area contributed by atoms with Gasteiger partial charge in [0.2, 0.25) is 11.8 Å². The Morgan fingerprint density at radius 2 is 1.66 bits per heavy atom. The third-order valence-electron chi connectivity index (χ3n) is 14.5. The van der Waals surface area contributed by atoms with E-state index in [2.05, 4.69) is 70.8 Å². The van der Waals surface area contributed by atoms with Crippen LogP contribution in [0.15, 0.2) is 48.7 Å². The number of carbonyl (C=O) groups excluding carboxylic acids is 4. The molecule has 8 rings (SSSR count). The average Bonchev–Trinajstić information content (AvgIpc) is 4.15. The van der Waals surface area contributed by atoms with Crippen molar-refractivity contribution in [1.82, 2.24) is 40.4 Å². The van der Waals surface area contributed by atoms with Gasteiger partial charge in [0.15, 0.2) is 0 Å². The SMILES string of the molecule is CCC(CC)N(C(=O)[C@@H](NC(=O)OC)C1CCOCC1)[C@@H](C)c1nc2c(ccc3cc4c(cc32)OCc2cc(-c3cnc([C@@H]5C[C@H](COC)CN5C(=O)[C@@H](NC(=O)OC)[C@@H](C)CC)[nH]3)ccc2-4)[nH]1. The van der Waals surface area contributed by atoms with Crippen molar-refractivity contribution in [2.45, 2.75) is 110 Å². The van der Waals surface area contributed by atoms with Crippen LogP contribution in [0.25, 0.3) is 44.2 Å². The van der Waals surface area contributed by atoms with Crippen LogP contribution >= 0.6 is 0 Å². The molecule has 4 N–H and O–H groups in total. The lowest BCUT2D eigenvalue weighted by Gasteiger charge is -2.40. The summed E-state index contributed by atoms with van der Waals surface area (Å²) in [5, 5.41) is 7.57. The van der Waals surface area contributed by atoms with Gasteiger partial charge in [-0.15, -0.1) is 0 Å². The highest BCUT2D eigenvalue weighted by Crippen LogP contribution is 2.43. The number of hydrogen-bond acceptors (Lipinski definition) is 11. The third kappa shape index (κ3) is 9.59. The minimum absolute atomic E-state index is 0.0886. The first-order valence-corrected chi connectivity index (χ1v) is 24.1. The Hall–Kier alpha value is -6.20. The van der Waals surface area contributed by atoms with Crippen LogP contribution in [0, 0.1) is 17.8 Å². The Balaban J connectivity index is 1.06. The largest absolute Gasteiger partial charge is 0.488 e. The van der Waals surface area contributed by atoms with Crippen molar-refractivity contribution in [2.75, 3.05) is 47.7 Å². The fourth-order valence-corrected chi connectivity index (χ4v) is 10.4. The normalized spacial score (nSPS) is 18.9. The van der Waals surface area contributed by atoms with Gasteiger partial charge in [-0.3, -0.25) is 9.59 Å². The van der Waals surface area contributed by atoms with E-state index in [1.54, 1.807) is 13.3 Å². The molecule has 17 nitrogen and oxygen atoms in total. The van der Waals surface area contributed by atoms with E-state index in [1.165, 1.54) is 14.2 Å². The topological polar surface area (TPSA) is 202 Å². The van der Waals surface area contributed by atoms with Crippen molar-refractivity contribution >= 4 is 45.8 Å². The molecule has 5 heterocycles. The second-order valence-corrected chi connectivity index (χ2v) is 18.5. The van der Waals surface area contributed by atoms with Gasteiger partial charge in [-0.2, -0.15) is 0 Å². The van der Waals surface area contributed by atoms with Crippen LogP contribution in [-0.2, 0) is 35.1 Å². The van der Waals surface area contributed by atoms with Crippen molar-refractivity contribution in [3.05, 3.63) is 65.9 Å². The number of carbonyl (C=O) groups is 4. The van der Waals surface area contributed by atoms with E-state index < -0.39 is 30.3 Å². The number of rotatable bonds is 16. The molecule has 2 aromatic heterocycles. The Labute approximate surface area is 397 Å². The number of nitrogens with zero attached hydrogens (tertiary/aromatic N) is 4. The average molecular weight is 935 g/mol. The van der Waals surface area contributed by atoms with Gasteiger partial charge in [0, 0.05) is 49.8 Å². The van der Waals surface area contributed by atoms with Gasteiger partial charge in [-0.1, -0.05) is 52.3 Å². The fourth-order valence-electron chi connectivity index (χ4n) is 10.4. The predicted octanol–water partition coefficient (Wildman–Crippen LogP) is 8.20. The molecule has 3 aromatic carbocycles. The number of nitrogens with one attached hydrogen (secondary N) is 4. The zero-order valence-corrected chi connectivity index (χ0v) is 40.5. The highest BCUT2D eigenvalue weighted by atomic mass is 16.5. The first kappa shape index (κ1) is 48.3. The van der Waals surface area contributed by atoms with E-state index in [9.17, 15) is 19.2 Å². The minimum atomic E-state index is -0.764. The van der Waals surface area contributed by atoms with Crippen molar-refractivity contribution < 1.29 is 42.9 Å². The number of likely N-dealkylation sites (tertiary alicyclic amines) is 1. The zero-order valence-electron chi connectivity index (χ0n) is 40.5. The van der Waals surface area contributed by atoms with Crippen molar-refractivity contribution in [2.24, 2.45) is 17.8 Å². The van der Waals surface area contributed by atoms with Crippen molar-refractivity contribution in [3.63, 3.8) is 0 Å². The number of hydrogen-bond donors (Lipinski definition) is 4. The van der Waals surface area contributed by atoms with E-state index >= 15 is 0 Å². The maximum Gasteiger partial charge on any atom is 0.407 e. The predicted molar refractivity (Wildman–Crippen MR) is 257 cm³/mol. The van der Waals surface area contributed by atoms with Crippen molar-refractivity contribution in [1.29, 1.82) is 0 Å². The molecule has 0 radical (unpaired) electrons. The first-order valence-electron chi connectivity index (χ1n) is 24.1. The van der Waals surface area contributed by atoms with Gasteiger partial charge >= 0.3 is 12.2 Å². The molecule has 5 aromatic rings. The first-order chi connectivity index (χ1) is 32.9. The molecule has 2 fully saturated rings. The molecule has 0 spiro atoms. The van der Waals surface area contributed by atoms with E-state index in [-0.39, 0.29) is 41.7 Å². The number of amides is 4. The zero-order chi connectivity index (χ0) is 48.2. The summed E-state index contributed by atoms with van der Waals surface area (Å²) in [5.41, 5.74) is 6.44. The molecule has 6 atom stereocenters. The van der Waals surface area contributed by atoms with E-state index in [0.29, 0.717) is 70.3 Å². The Morgan fingerprint density at radius 3 is 2.37 bits per heavy atom. The minimum Gasteiger partial charge on any atom is -0.488 e. The quantitative estimate of drug-likeness (QED) is 0.0743. The van der Waals surface area contributed by atoms with Crippen LogP contribution in [0.2, 0.25) is 0 Å². The summed E-state index contributed by atoms with van der Waals surface area (Å²) in [6.07, 6.45) is 4.68. The molecule has 0 aliphatic carbocycles. The van der Waals surface area contributed by atoms with Crippen LogP contribution in [0.3, 0.4) is 0 Å². The number of imidazole rings is 2. The molecule has 68 heavy (non-hydrogen) atoms. The maximum absolute atomic E-state index is 14.7. The molecule has 4 amide bonds. The lowest BCUT2D eigenvalue weighted by Crippen LogP contribution is -2.56. The number of fused-ring (bicyclic) bond motifs is 6. The number of aromatic amines is 2. The van der Waals surface area contributed by atoms with Crippen molar-refractivity contribution in [3.8, 4) is 28.1 Å². The highest BCUT2D eigenvalue weighted by Gasteiger charge is 2.43. The molecule has 3 aliphatic rings.